The van der Waals surface area contributed by atoms with Gasteiger partial charge in [0.05, 0.1) is 12.0 Å². The van der Waals surface area contributed by atoms with E-state index in [9.17, 15) is 8.42 Å². The highest BCUT2D eigenvalue weighted by Gasteiger charge is 2.21. The van der Waals surface area contributed by atoms with E-state index < -0.39 is 10.0 Å². The Kier molecular flexibility index (Phi) is 4.79. The molecule has 0 aliphatic carbocycles. The minimum absolute atomic E-state index is 0.291. The quantitative estimate of drug-likeness (QED) is 0.695. The Morgan fingerprint density at radius 1 is 0.920 bits per heavy atom. The van der Waals surface area contributed by atoms with E-state index in [0.717, 1.165) is 27.6 Å². The summed E-state index contributed by atoms with van der Waals surface area (Å²) in [6, 6.07) is 18.6. The molecule has 0 N–H and O–H groups in total. The SMILES string of the molecule is COc1ccc2cc(S(=O)(=O)N(C)Cc3ccc(C)cc3)ccc2c1. The minimum atomic E-state index is -3.55. The number of ether oxygens (including phenoxy) is 1. The van der Waals surface area contributed by atoms with Crippen LogP contribution in [-0.2, 0) is 16.6 Å². The Morgan fingerprint density at radius 3 is 2.24 bits per heavy atom. The van der Waals surface area contributed by atoms with Crippen LogP contribution in [0.5, 0.6) is 5.75 Å². The second-order valence-electron chi connectivity index (χ2n) is 6.12. The number of methoxy groups -OCH3 is 1. The van der Waals surface area contributed by atoms with Gasteiger partial charge in [-0.05, 0) is 47.5 Å². The molecule has 0 saturated heterocycles. The van der Waals surface area contributed by atoms with Crippen molar-refractivity contribution in [2.45, 2.75) is 18.4 Å². The molecule has 0 radical (unpaired) electrons. The highest BCUT2D eigenvalue weighted by Crippen LogP contribution is 2.25. The Hall–Kier alpha value is -2.37. The first-order valence-corrected chi connectivity index (χ1v) is 9.44. The Labute approximate surface area is 148 Å². The predicted molar refractivity (Wildman–Crippen MR) is 100 cm³/mol. The van der Waals surface area contributed by atoms with Crippen molar-refractivity contribution in [1.29, 1.82) is 0 Å². The topological polar surface area (TPSA) is 46.6 Å². The number of rotatable bonds is 5. The van der Waals surface area contributed by atoms with E-state index in [4.69, 9.17) is 4.74 Å². The monoisotopic (exact) mass is 355 g/mol. The fourth-order valence-corrected chi connectivity index (χ4v) is 3.90. The van der Waals surface area contributed by atoms with Crippen LogP contribution in [0.2, 0.25) is 0 Å². The van der Waals surface area contributed by atoms with Crippen LogP contribution in [-0.4, -0.2) is 26.9 Å². The fourth-order valence-electron chi connectivity index (χ4n) is 2.70. The van der Waals surface area contributed by atoms with Gasteiger partial charge in [-0.1, -0.05) is 42.0 Å². The number of nitrogens with zero attached hydrogens (tertiary/aromatic N) is 1. The molecule has 0 aliphatic rings. The third-order valence-electron chi connectivity index (χ3n) is 4.25. The molecule has 4 nitrogen and oxygen atoms in total. The molecule has 0 aliphatic heterocycles. The molecule has 0 unspecified atom stereocenters. The van der Waals surface area contributed by atoms with Gasteiger partial charge in [-0.15, -0.1) is 0 Å². The van der Waals surface area contributed by atoms with E-state index in [0.29, 0.717) is 11.4 Å². The summed E-state index contributed by atoms with van der Waals surface area (Å²) < 4.78 is 32.3. The van der Waals surface area contributed by atoms with Crippen LogP contribution < -0.4 is 4.74 Å². The molecule has 0 aromatic heterocycles. The molecule has 25 heavy (non-hydrogen) atoms. The second-order valence-corrected chi connectivity index (χ2v) is 8.17. The molecule has 0 atom stereocenters. The highest BCUT2D eigenvalue weighted by atomic mass is 32.2. The van der Waals surface area contributed by atoms with Gasteiger partial charge >= 0.3 is 0 Å². The van der Waals surface area contributed by atoms with Crippen molar-refractivity contribution in [2.24, 2.45) is 0 Å². The van der Waals surface area contributed by atoms with Crippen molar-refractivity contribution in [3.63, 3.8) is 0 Å². The van der Waals surface area contributed by atoms with E-state index in [-0.39, 0.29) is 0 Å². The molecule has 5 heteroatoms. The van der Waals surface area contributed by atoms with Crippen molar-refractivity contribution in [1.82, 2.24) is 4.31 Å². The lowest BCUT2D eigenvalue weighted by atomic mass is 10.1. The molecule has 3 aromatic rings. The van der Waals surface area contributed by atoms with Gasteiger partial charge < -0.3 is 4.74 Å². The van der Waals surface area contributed by atoms with E-state index in [1.54, 1.807) is 26.3 Å². The smallest absolute Gasteiger partial charge is 0.243 e. The fraction of sp³-hybridized carbons (Fsp3) is 0.200. The van der Waals surface area contributed by atoms with Gasteiger partial charge in [0.15, 0.2) is 0 Å². The molecule has 0 amide bonds. The molecule has 130 valence electrons. The van der Waals surface area contributed by atoms with Gasteiger partial charge in [-0.25, -0.2) is 8.42 Å². The molecule has 0 heterocycles. The summed E-state index contributed by atoms with van der Waals surface area (Å²) in [6.07, 6.45) is 0. The molecular formula is C20H21NO3S. The molecule has 0 spiro atoms. The largest absolute Gasteiger partial charge is 0.497 e. The van der Waals surface area contributed by atoms with Crippen LogP contribution in [0, 0.1) is 6.92 Å². The summed E-state index contributed by atoms with van der Waals surface area (Å²) in [5, 5.41) is 1.81. The van der Waals surface area contributed by atoms with E-state index in [1.807, 2.05) is 55.5 Å². The van der Waals surface area contributed by atoms with Gasteiger partial charge in [-0.3, -0.25) is 0 Å². The standard InChI is InChI=1S/C20H21NO3S/c1-15-4-6-16(7-5-15)14-21(2)25(22,23)20-11-9-17-12-19(24-3)10-8-18(17)13-20/h4-13H,14H2,1-3H3. The maximum atomic E-state index is 12.9. The average molecular weight is 355 g/mol. The number of sulfonamides is 1. The lowest BCUT2D eigenvalue weighted by Crippen LogP contribution is -2.26. The maximum absolute atomic E-state index is 12.9. The zero-order valence-electron chi connectivity index (χ0n) is 14.6. The average Bonchev–Trinajstić information content (AvgIpc) is 2.62. The van der Waals surface area contributed by atoms with Gasteiger partial charge in [0.1, 0.15) is 5.75 Å². The van der Waals surface area contributed by atoms with Crippen molar-refractivity contribution in [3.8, 4) is 5.75 Å². The first kappa shape index (κ1) is 17.5. The minimum Gasteiger partial charge on any atom is -0.497 e. The van der Waals surface area contributed by atoms with E-state index >= 15 is 0 Å². The van der Waals surface area contributed by atoms with Crippen molar-refractivity contribution in [2.75, 3.05) is 14.2 Å². The summed E-state index contributed by atoms with van der Waals surface area (Å²) in [7, 11) is -0.337. The van der Waals surface area contributed by atoms with Crippen LogP contribution >= 0.6 is 0 Å². The normalized spacial score (nSPS) is 11.8. The zero-order chi connectivity index (χ0) is 18.0. The number of hydrogen-bond donors (Lipinski definition) is 0. The zero-order valence-corrected chi connectivity index (χ0v) is 15.4. The molecule has 3 aromatic carbocycles. The summed E-state index contributed by atoms with van der Waals surface area (Å²) in [4.78, 5) is 0.291. The first-order chi connectivity index (χ1) is 11.9. The number of aryl methyl sites for hydroxylation is 1. The Bertz CT molecular complexity index is 995. The number of fused-ring (bicyclic) bond motifs is 1. The van der Waals surface area contributed by atoms with Crippen LogP contribution in [0.1, 0.15) is 11.1 Å². The maximum Gasteiger partial charge on any atom is 0.243 e. The van der Waals surface area contributed by atoms with Crippen molar-refractivity contribution < 1.29 is 13.2 Å². The molecule has 0 saturated carbocycles. The summed E-state index contributed by atoms with van der Waals surface area (Å²) in [6.45, 7) is 2.34. The van der Waals surface area contributed by atoms with Gasteiger partial charge in [0.2, 0.25) is 10.0 Å². The molecule has 0 fully saturated rings. The summed E-state index contributed by atoms with van der Waals surface area (Å²) >= 11 is 0. The summed E-state index contributed by atoms with van der Waals surface area (Å²) in [5.41, 5.74) is 2.11. The van der Waals surface area contributed by atoms with Crippen LogP contribution in [0.3, 0.4) is 0 Å². The van der Waals surface area contributed by atoms with E-state index in [2.05, 4.69) is 0 Å². The predicted octanol–water partition coefficient (Wildman–Crippen LogP) is 3.98. The highest BCUT2D eigenvalue weighted by molar-refractivity contribution is 7.89. The van der Waals surface area contributed by atoms with Crippen molar-refractivity contribution in [3.05, 3.63) is 71.8 Å². The second kappa shape index (κ2) is 6.86. The third kappa shape index (κ3) is 3.67. The summed E-state index contributed by atoms with van der Waals surface area (Å²) in [5.74, 6) is 0.750. The van der Waals surface area contributed by atoms with Crippen molar-refractivity contribution >= 4 is 20.8 Å². The van der Waals surface area contributed by atoms with Gasteiger partial charge in [0, 0.05) is 13.6 Å². The van der Waals surface area contributed by atoms with Gasteiger partial charge in [-0.2, -0.15) is 4.31 Å². The molecule has 0 bridgehead atoms. The molecule has 3 rings (SSSR count). The van der Waals surface area contributed by atoms with E-state index in [1.165, 1.54) is 4.31 Å². The Balaban J connectivity index is 1.90. The third-order valence-corrected chi connectivity index (χ3v) is 6.05. The van der Waals surface area contributed by atoms with Gasteiger partial charge in [0.25, 0.3) is 0 Å². The first-order valence-electron chi connectivity index (χ1n) is 8.00. The lowest BCUT2D eigenvalue weighted by molar-refractivity contribution is 0.415. The number of hydrogen-bond acceptors (Lipinski definition) is 3. The molecular weight excluding hydrogens is 334 g/mol. The lowest BCUT2D eigenvalue weighted by Gasteiger charge is -2.18. The Morgan fingerprint density at radius 2 is 1.56 bits per heavy atom. The van der Waals surface area contributed by atoms with Crippen LogP contribution in [0.25, 0.3) is 10.8 Å². The van der Waals surface area contributed by atoms with Crippen LogP contribution in [0.4, 0.5) is 0 Å². The van der Waals surface area contributed by atoms with Crippen LogP contribution in [0.15, 0.2) is 65.6 Å². The number of benzene rings is 3.